The summed E-state index contributed by atoms with van der Waals surface area (Å²) in [7, 11) is 13.1. The number of phenols is 3. The zero-order valence-corrected chi connectivity index (χ0v) is 68.3. The minimum absolute atomic E-state index is 0.0924. The van der Waals surface area contributed by atoms with E-state index in [2.05, 4.69) is 33.2 Å². The van der Waals surface area contributed by atoms with Gasteiger partial charge in [-0.15, -0.1) is 0 Å². The number of carbonyl (C=O) groups is 6. The van der Waals surface area contributed by atoms with Crippen LogP contribution in [0.25, 0.3) is 12.2 Å². The summed E-state index contributed by atoms with van der Waals surface area (Å²) in [5.74, 6) is -0.148. The highest BCUT2D eigenvalue weighted by atomic mass is 16.5. The first kappa shape index (κ1) is 89.2. The predicted molar refractivity (Wildman–Crippen MR) is 453 cm³/mol. The number of phenolic OH excluding ortho intramolecular Hbond substituents is 3. The van der Waals surface area contributed by atoms with Gasteiger partial charge in [-0.1, -0.05) is 127 Å². The van der Waals surface area contributed by atoms with Crippen LogP contribution in [-0.4, -0.2) is 176 Å². The Morgan fingerprint density at radius 1 is 0.336 bits per heavy atom. The van der Waals surface area contributed by atoms with Crippen LogP contribution in [0.1, 0.15) is 80.6 Å². The topological polar surface area (TPSA) is 428 Å². The van der Waals surface area contributed by atoms with Crippen molar-refractivity contribution in [2.45, 2.75) is 72.4 Å². The Labute approximate surface area is 702 Å². The molecule has 5 heterocycles. The van der Waals surface area contributed by atoms with E-state index in [-0.39, 0.29) is 51.3 Å². The van der Waals surface area contributed by atoms with E-state index in [9.17, 15) is 74.7 Å². The van der Waals surface area contributed by atoms with Crippen LogP contribution in [0, 0.1) is 0 Å². The van der Waals surface area contributed by atoms with Crippen LogP contribution in [0.4, 0.5) is 28.4 Å². The number of amides is 5. The molecule has 5 aliphatic rings. The van der Waals surface area contributed by atoms with Crippen LogP contribution < -0.4 is 50.3 Å². The molecule has 0 radical (unpaired) electrons. The summed E-state index contributed by atoms with van der Waals surface area (Å²) in [4.78, 5) is 72.9. The van der Waals surface area contributed by atoms with Gasteiger partial charge in [-0.2, -0.15) is 0 Å². The van der Waals surface area contributed by atoms with E-state index >= 15 is 0 Å². The van der Waals surface area contributed by atoms with Crippen molar-refractivity contribution < 1.29 is 117 Å². The normalized spacial score (nSPS) is 22.5. The Morgan fingerprint density at radius 2 is 0.615 bits per heavy atom. The summed E-state index contributed by atoms with van der Waals surface area (Å²) in [6.07, 6.45) is -0.152. The Balaban J connectivity index is 0.000000149. The Morgan fingerprint density at radius 3 is 0.951 bits per heavy atom. The van der Waals surface area contributed by atoms with Crippen molar-refractivity contribution in [3.63, 3.8) is 0 Å². The van der Waals surface area contributed by atoms with Crippen LogP contribution in [0.3, 0.4) is 0 Å². The molecule has 14 N–H and O–H groups in total. The fraction of sp³-hybridized carbons (Fsp3) is 0.226. The largest absolute Gasteiger partial charge is 0.507 e. The molecule has 0 bridgehead atoms. The number of allylic oxidation sites excluding steroid dienone is 3. The predicted octanol–water partition coefficient (Wildman–Crippen LogP) is 10.1. The lowest BCUT2D eigenvalue weighted by atomic mass is 9.76. The van der Waals surface area contributed by atoms with Gasteiger partial charge in [-0.25, -0.2) is 0 Å². The first-order chi connectivity index (χ1) is 58.3. The number of rotatable bonds is 18. The van der Waals surface area contributed by atoms with Crippen LogP contribution in [0.2, 0.25) is 0 Å². The van der Waals surface area contributed by atoms with Gasteiger partial charge >= 0.3 is 0 Å². The van der Waals surface area contributed by atoms with Crippen molar-refractivity contribution in [1.29, 1.82) is 0 Å². The van der Waals surface area contributed by atoms with Gasteiger partial charge in [0.1, 0.15) is 46.0 Å². The van der Waals surface area contributed by atoms with Gasteiger partial charge in [0, 0.05) is 62.1 Å². The van der Waals surface area contributed by atoms with E-state index in [1.165, 1.54) is 74.9 Å². The molecule has 10 atom stereocenters. The van der Waals surface area contributed by atoms with E-state index < -0.39 is 82.2 Å². The molecular formula is C93H93N5O24. The number of benzene rings is 10. The summed E-state index contributed by atoms with van der Waals surface area (Å²) in [6, 6.07) is 58.5. The van der Waals surface area contributed by atoms with Gasteiger partial charge in [-0.3, -0.25) is 28.8 Å². The first-order valence-corrected chi connectivity index (χ1v) is 37.8. The Bertz CT molecular complexity index is 5450. The number of ketones is 1. The van der Waals surface area contributed by atoms with Crippen molar-refractivity contribution in [3.05, 3.63) is 303 Å². The summed E-state index contributed by atoms with van der Waals surface area (Å²) in [5, 5.41) is 113. The van der Waals surface area contributed by atoms with Crippen LogP contribution in [0.15, 0.2) is 237 Å². The number of carbonyl (C=O) groups excluding carboxylic acids is 6. The van der Waals surface area contributed by atoms with Crippen LogP contribution >= 0.6 is 0 Å². The molecule has 29 heteroatoms. The Kier molecular flexibility index (Phi) is 27.3. The number of aliphatic hydroxyl groups excluding tert-OH is 1. The second kappa shape index (κ2) is 37.4. The molecule has 0 saturated carbocycles. The molecule has 10 aromatic carbocycles. The molecule has 10 aromatic rings. The average molecular weight is 1660 g/mol. The van der Waals surface area contributed by atoms with Crippen LogP contribution in [0.5, 0.6) is 46.0 Å². The number of nitrogens with one attached hydrogen (secondary N) is 5. The standard InChI is InChI=1S/C22H23NO5.C21H21NO6.C17H17NO5.C17H17NO4.C16H15NO4/c1-13(2)5-6-14-7-12-17-18(19(14)24)22(26,20(28-4)21(25)23-17)15-8-10-16(27-3)11-9-15;1-12(23)4-5-13-6-11-16-17(18(13)24)21(26,19(28-3)20(25)22-16)14-7-9-15(27-2)10-8-14;1-22-11-8-6-10(7-9-11)17(21)14-12(4-3-5-13(14)19)18-16(20)15(17)23-2;1-21-12-9-7-11(8-10-12)17(20)13-5-3-4-6-14(13)18-16(19)15(17)22-2;1-21-11-8-6-10(7-9-11)16(20)12-4-2-3-5-13(12)17-15(19)14(16)18/h5-12,20,24,26H,1H2,2-4H3,(H,23,25);4-11,19,24,26H,1-3H3,(H,22,25);3-9,15,19,21H,1-2H3,(H,18,20);3-10,15,20H,1-2H3,(H,18,19);2-9,14,18,20H,1H3,(H,17,19)/b6-5+;5-4+;;;. The fourth-order valence-corrected chi connectivity index (χ4v) is 15.3. The SMILES string of the molecule is C=C(C)/C=C/c1ccc2c(c1O)C(O)(c1ccc(OC)cc1)C(OC)C(=O)N2.COc1ccc(C2(O)c3c(O)cccc3NC(=O)C2OC)cc1.COc1ccc(C2(O)c3c(ccc(/C=C/C(C)=O)c3O)NC(=O)C2OC)cc1.COc1ccc(C2(O)c3ccccc3NC(=O)C2O)cc1.COc1ccc(C2(O)c3ccccc3NC(=O)C2OC)cc1. The lowest BCUT2D eigenvalue weighted by Crippen LogP contribution is -2.52. The number of para-hydroxylation sites is 2. The molecular weight excluding hydrogens is 1570 g/mol. The van der Waals surface area contributed by atoms with E-state index in [0.717, 1.165) is 5.57 Å². The number of ether oxygens (including phenoxy) is 9. The molecule has 5 amide bonds. The molecule has 0 aliphatic carbocycles. The minimum Gasteiger partial charge on any atom is -0.507 e. The maximum atomic E-state index is 12.6. The van der Waals surface area contributed by atoms with Gasteiger partial charge in [0.25, 0.3) is 29.5 Å². The first-order valence-electron chi connectivity index (χ1n) is 37.8. The smallest absolute Gasteiger partial charge is 0.257 e. The fourth-order valence-electron chi connectivity index (χ4n) is 15.3. The number of fused-ring (bicyclic) bond motifs is 5. The lowest BCUT2D eigenvalue weighted by molar-refractivity contribution is -0.143. The Hall–Kier alpha value is -13.6. The van der Waals surface area contributed by atoms with Gasteiger partial charge < -0.3 is 115 Å². The number of hydrogen-bond acceptors (Lipinski definition) is 24. The molecule has 0 fully saturated rings. The van der Waals surface area contributed by atoms with Crippen molar-refractivity contribution in [2.24, 2.45) is 0 Å². The second-order valence-electron chi connectivity index (χ2n) is 28.6. The number of hydrogen-bond donors (Lipinski definition) is 14. The van der Waals surface area contributed by atoms with Gasteiger partial charge in [0.05, 0.1) is 69.3 Å². The maximum absolute atomic E-state index is 12.6. The van der Waals surface area contributed by atoms with Gasteiger partial charge in [0.2, 0.25) is 0 Å². The van der Waals surface area contributed by atoms with Crippen molar-refractivity contribution in [1.82, 2.24) is 0 Å². The van der Waals surface area contributed by atoms with E-state index in [4.69, 9.17) is 42.6 Å². The second-order valence-corrected chi connectivity index (χ2v) is 28.6. The highest BCUT2D eigenvalue weighted by Gasteiger charge is 2.56. The van der Waals surface area contributed by atoms with E-state index in [1.807, 2.05) is 13.0 Å². The molecule has 15 rings (SSSR count). The van der Waals surface area contributed by atoms with E-state index in [1.54, 1.807) is 227 Å². The molecule has 0 aromatic heterocycles. The number of methoxy groups -OCH3 is 9. The van der Waals surface area contributed by atoms with Crippen LogP contribution in [-0.2, 0) is 75.7 Å². The van der Waals surface area contributed by atoms with Crippen molar-refractivity contribution >= 4 is 75.9 Å². The minimum atomic E-state index is -1.96. The number of aromatic hydroxyl groups is 3. The van der Waals surface area contributed by atoms with E-state index in [0.29, 0.717) is 102 Å². The third-order valence-electron chi connectivity index (χ3n) is 21.3. The molecule has 0 saturated heterocycles. The highest BCUT2D eigenvalue weighted by molar-refractivity contribution is 6.04. The average Bonchev–Trinajstić information content (AvgIpc) is 0.716. The molecule has 10 unspecified atom stereocenters. The highest BCUT2D eigenvalue weighted by Crippen LogP contribution is 2.52. The summed E-state index contributed by atoms with van der Waals surface area (Å²) < 4.78 is 46.8. The monoisotopic (exact) mass is 1660 g/mol. The maximum Gasteiger partial charge on any atom is 0.257 e. The number of anilines is 5. The third kappa shape index (κ3) is 16.9. The summed E-state index contributed by atoms with van der Waals surface area (Å²) in [5.41, 5.74) is -1.68. The molecule has 29 nitrogen and oxygen atoms in total. The quantitative estimate of drug-likeness (QED) is 0.0280. The zero-order chi connectivity index (χ0) is 88.3. The van der Waals surface area contributed by atoms with Gasteiger partial charge in [-0.05, 0) is 163 Å². The molecule has 0 spiro atoms. The number of aliphatic hydroxyl groups is 6. The molecule has 5 aliphatic heterocycles. The summed E-state index contributed by atoms with van der Waals surface area (Å²) >= 11 is 0. The zero-order valence-electron chi connectivity index (χ0n) is 68.3. The van der Waals surface area contributed by atoms with Crippen molar-refractivity contribution in [3.8, 4) is 46.0 Å². The van der Waals surface area contributed by atoms with Crippen molar-refractivity contribution in [2.75, 3.05) is 90.6 Å². The molecule has 122 heavy (non-hydrogen) atoms. The summed E-state index contributed by atoms with van der Waals surface area (Å²) in [6.45, 7) is 7.03. The third-order valence-corrected chi connectivity index (χ3v) is 21.3. The van der Waals surface area contributed by atoms with Gasteiger partial charge in [0.15, 0.2) is 64.3 Å². The molecule has 634 valence electrons. The lowest BCUT2D eigenvalue weighted by Gasteiger charge is -2.40.